The summed E-state index contributed by atoms with van der Waals surface area (Å²) in [5.74, 6) is -0.555. The molecule has 0 spiro atoms. The summed E-state index contributed by atoms with van der Waals surface area (Å²) >= 11 is 1.34. The summed E-state index contributed by atoms with van der Waals surface area (Å²) in [6.07, 6.45) is 0. The fourth-order valence-corrected chi connectivity index (χ4v) is 2.80. The van der Waals surface area contributed by atoms with E-state index in [2.05, 4.69) is 0 Å². The molecule has 2 heterocycles. The molecule has 0 aliphatic carbocycles. The number of carboxylic acid groups (broad SMARTS) is 1. The zero-order valence-electron chi connectivity index (χ0n) is 7.56. The second kappa shape index (κ2) is 3.16. The SMILES string of the molecule is Cc1ccc(O)c2[n+]1[C@H](C(=O)[O-])CS2. The lowest BCUT2D eigenvalue weighted by Gasteiger charge is -2.08. The van der Waals surface area contributed by atoms with Crippen LogP contribution in [0.4, 0.5) is 0 Å². The summed E-state index contributed by atoms with van der Waals surface area (Å²) in [4.78, 5) is 10.8. The summed E-state index contributed by atoms with van der Waals surface area (Å²) in [6, 6.07) is 2.61. The van der Waals surface area contributed by atoms with Gasteiger partial charge in [-0.3, -0.25) is 0 Å². The van der Waals surface area contributed by atoms with E-state index in [4.69, 9.17) is 0 Å². The Morgan fingerprint density at radius 2 is 2.43 bits per heavy atom. The maximum absolute atomic E-state index is 10.8. The van der Waals surface area contributed by atoms with E-state index < -0.39 is 12.0 Å². The van der Waals surface area contributed by atoms with Crippen molar-refractivity contribution in [1.29, 1.82) is 0 Å². The van der Waals surface area contributed by atoms with E-state index in [-0.39, 0.29) is 5.75 Å². The van der Waals surface area contributed by atoms with Crippen LogP contribution in [0.3, 0.4) is 0 Å². The average molecular weight is 211 g/mol. The molecule has 4 nitrogen and oxygen atoms in total. The maximum Gasteiger partial charge on any atom is 0.283 e. The minimum atomic E-state index is -1.10. The Labute approximate surface area is 85.2 Å². The highest BCUT2D eigenvalue weighted by atomic mass is 32.2. The number of hydrogen-bond donors (Lipinski definition) is 1. The molecular formula is C9H9NO3S. The van der Waals surface area contributed by atoms with Gasteiger partial charge in [0.25, 0.3) is 5.03 Å². The van der Waals surface area contributed by atoms with Crippen molar-refractivity contribution in [3.63, 3.8) is 0 Å². The Bertz CT molecular complexity index is 405. The molecule has 0 bridgehead atoms. The van der Waals surface area contributed by atoms with Crippen molar-refractivity contribution in [2.24, 2.45) is 0 Å². The van der Waals surface area contributed by atoms with Crippen LogP contribution in [0.25, 0.3) is 0 Å². The van der Waals surface area contributed by atoms with Gasteiger partial charge in [-0.1, -0.05) is 0 Å². The van der Waals surface area contributed by atoms with Crippen molar-refractivity contribution in [3.05, 3.63) is 17.8 Å². The first kappa shape index (κ1) is 9.33. The highest BCUT2D eigenvalue weighted by molar-refractivity contribution is 7.99. The first-order valence-electron chi connectivity index (χ1n) is 4.19. The van der Waals surface area contributed by atoms with Gasteiger partial charge in [-0.2, -0.15) is 4.57 Å². The Balaban J connectivity index is 2.58. The first-order chi connectivity index (χ1) is 6.61. The summed E-state index contributed by atoms with van der Waals surface area (Å²) < 4.78 is 1.61. The number of carboxylic acids is 1. The predicted octanol–water partition coefficient (Wildman–Crippen LogP) is -0.615. The number of aromatic hydroxyl groups is 1. The van der Waals surface area contributed by atoms with Crippen LogP contribution in [-0.4, -0.2) is 16.8 Å². The molecule has 1 N–H and O–H groups in total. The third kappa shape index (κ3) is 1.24. The molecule has 1 aromatic rings. The van der Waals surface area contributed by atoms with E-state index in [1.54, 1.807) is 16.7 Å². The normalized spacial score (nSPS) is 19.4. The van der Waals surface area contributed by atoms with Crippen molar-refractivity contribution in [3.8, 4) is 5.75 Å². The third-order valence-corrected chi connectivity index (χ3v) is 3.42. The minimum Gasteiger partial charge on any atom is -0.543 e. The molecule has 0 saturated carbocycles. The molecule has 0 fully saturated rings. The van der Waals surface area contributed by atoms with Crippen molar-refractivity contribution in [2.75, 3.05) is 5.75 Å². The number of fused-ring (bicyclic) bond motifs is 1. The van der Waals surface area contributed by atoms with Gasteiger partial charge in [-0.05, 0) is 17.8 Å². The van der Waals surface area contributed by atoms with E-state index in [1.807, 2.05) is 6.92 Å². The molecule has 0 amide bonds. The lowest BCUT2D eigenvalue weighted by atomic mass is 10.2. The minimum absolute atomic E-state index is 0.129. The van der Waals surface area contributed by atoms with Gasteiger partial charge in [0.1, 0.15) is 5.97 Å². The second-order valence-corrected chi connectivity index (χ2v) is 4.19. The van der Waals surface area contributed by atoms with Gasteiger partial charge in [-0.15, -0.1) is 0 Å². The maximum atomic E-state index is 10.8. The molecule has 0 radical (unpaired) electrons. The number of hydrogen-bond acceptors (Lipinski definition) is 4. The van der Waals surface area contributed by atoms with Gasteiger partial charge in [0.2, 0.25) is 6.04 Å². The Hall–Kier alpha value is -1.23. The molecular weight excluding hydrogens is 202 g/mol. The van der Waals surface area contributed by atoms with E-state index >= 15 is 0 Å². The Morgan fingerprint density at radius 1 is 1.71 bits per heavy atom. The summed E-state index contributed by atoms with van der Waals surface area (Å²) in [5.41, 5.74) is 0.817. The Morgan fingerprint density at radius 3 is 3.07 bits per heavy atom. The number of rotatable bonds is 1. The van der Waals surface area contributed by atoms with Crippen molar-refractivity contribution in [2.45, 2.75) is 18.0 Å². The molecule has 14 heavy (non-hydrogen) atoms. The quantitative estimate of drug-likeness (QED) is 0.629. The number of aryl methyl sites for hydroxylation is 1. The van der Waals surface area contributed by atoms with E-state index in [0.717, 1.165) is 5.69 Å². The molecule has 1 aliphatic rings. The molecule has 5 heteroatoms. The van der Waals surface area contributed by atoms with Gasteiger partial charge in [-0.25, -0.2) is 0 Å². The molecule has 1 aromatic heterocycles. The fraction of sp³-hybridized carbons (Fsp3) is 0.333. The van der Waals surface area contributed by atoms with Crippen LogP contribution < -0.4 is 9.67 Å². The van der Waals surface area contributed by atoms with Crippen LogP contribution in [0.1, 0.15) is 11.7 Å². The van der Waals surface area contributed by atoms with Gasteiger partial charge in [0.05, 0.1) is 5.75 Å². The Kier molecular flexibility index (Phi) is 2.11. The fourth-order valence-electron chi connectivity index (χ4n) is 1.57. The number of nitrogens with zero attached hydrogens (tertiary/aromatic N) is 1. The summed E-state index contributed by atoms with van der Waals surface area (Å²) in [6.45, 7) is 1.81. The number of carbonyl (C=O) groups is 1. The molecule has 0 unspecified atom stereocenters. The third-order valence-electron chi connectivity index (χ3n) is 2.26. The standard InChI is InChI=1S/C9H9NO3S/c1-5-2-3-7(11)8-10(5)6(4-14-8)9(12)13/h2-3,6H,4H2,1H3,(H-,11,12,13)/t6-/m0/s1. The largest absolute Gasteiger partial charge is 0.543 e. The molecule has 1 aliphatic heterocycles. The smallest absolute Gasteiger partial charge is 0.283 e. The van der Waals surface area contributed by atoms with Crippen molar-refractivity contribution in [1.82, 2.24) is 0 Å². The molecule has 0 aromatic carbocycles. The lowest BCUT2D eigenvalue weighted by Crippen LogP contribution is -2.50. The predicted molar refractivity (Wildman–Crippen MR) is 47.8 cm³/mol. The van der Waals surface area contributed by atoms with Crippen LogP contribution in [0.5, 0.6) is 5.75 Å². The number of aliphatic carboxylic acids is 1. The van der Waals surface area contributed by atoms with Crippen LogP contribution in [-0.2, 0) is 4.79 Å². The number of carbonyl (C=O) groups excluding carboxylic acids is 1. The molecule has 1 atom stereocenters. The van der Waals surface area contributed by atoms with Crippen molar-refractivity contribution < 1.29 is 19.6 Å². The van der Waals surface area contributed by atoms with Gasteiger partial charge in [0.15, 0.2) is 11.4 Å². The van der Waals surface area contributed by atoms with Crippen molar-refractivity contribution >= 4 is 17.7 Å². The molecule has 2 rings (SSSR count). The van der Waals surface area contributed by atoms with Gasteiger partial charge >= 0.3 is 0 Å². The number of aromatic nitrogens is 1. The lowest BCUT2D eigenvalue weighted by molar-refractivity contribution is -0.746. The molecule has 0 saturated heterocycles. The highest BCUT2D eigenvalue weighted by Gasteiger charge is 2.36. The first-order valence-corrected chi connectivity index (χ1v) is 5.17. The number of thioether (sulfide) groups is 1. The average Bonchev–Trinajstić information content (AvgIpc) is 2.56. The zero-order valence-corrected chi connectivity index (χ0v) is 8.37. The molecule has 74 valence electrons. The topological polar surface area (TPSA) is 64.2 Å². The second-order valence-electron chi connectivity index (χ2n) is 3.18. The van der Waals surface area contributed by atoms with Gasteiger partial charge in [0, 0.05) is 13.0 Å². The van der Waals surface area contributed by atoms with Crippen LogP contribution in [0, 0.1) is 6.92 Å². The van der Waals surface area contributed by atoms with E-state index in [9.17, 15) is 15.0 Å². The van der Waals surface area contributed by atoms with Crippen LogP contribution in [0.2, 0.25) is 0 Å². The van der Waals surface area contributed by atoms with Crippen LogP contribution >= 0.6 is 11.8 Å². The summed E-state index contributed by atoms with van der Waals surface area (Å²) in [5, 5.41) is 20.9. The summed E-state index contributed by atoms with van der Waals surface area (Å²) in [7, 11) is 0. The van der Waals surface area contributed by atoms with E-state index in [0.29, 0.717) is 10.8 Å². The van der Waals surface area contributed by atoms with Gasteiger partial charge < -0.3 is 15.0 Å². The van der Waals surface area contributed by atoms with E-state index in [1.165, 1.54) is 11.8 Å². The zero-order chi connectivity index (χ0) is 10.3. The highest BCUT2D eigenvalue weighted by Crippen LogP contribution is 2.33. The number of pyridine rings is 1. The van der Waals surface area contributed by atoms with Crippen LogP contribution in [0.15, 0.2) is 17.2 Å². The monoisotopic (exact) mass is 211 g/mol.